The van der Waals surface area contributed by atoms with Crippen LogP contribution in [0.2, 0.25) is 0 Å². The van der Waals surface area contributed by atoms with Gasteiger partial charge < -0.3 is 0 Å². The van der Waals surface area contributed by atoms with Crippen molar-refractivity contribution in [2.45, 2.75) is 37.5 Å². The summed E-state index contributed by atoms with van der Waals surface area (Å²) in [5, 5.41) is 0. The number of hydrogen-bond acceptors (Lipinski definition) is 3. The largest absolute Gasteiger partial charge is 0.208 e. The molecule has 0 bridgehead atoms. The number of nitrogens with zero attached hydrogens (tertiary/aromatic N) is 3. The van der Waals surface area contributed by atoms with Gasteiger partial charge >= 0.3 is 0 Å². The average Bonchev–Trinajstić information content (AvgIpc) is 3.52. The van der Waals surface area contributed by atoms with Crippen molar-refractivity contribution in [1.29, 1.82) is 0 Å². The van der Waals surface area contributed by atoms with Crippen LogP contribution in [0.25, 0.3) is 78.7 Å². The van der Waals surface area contributed by atoms with E-state index in [9.17, 15) is 0 Å². The van der Waals surface area contributed by atoms with E-state index >= 15 is 0 Å². The minimum atomic E-state index is 0.173. The molecular formula is C51H39N3. The maximum atomic E-state index is 4.89. The summed E-state index contributed by atoms with van der Waals surface area (Å²) in [5.41, 5.74) is 16.3. The van der Waals surface area contributed by atoms with Crippen LogP contribution < -0.4 is 0 Å². The Kier molecular flexibility index (Phi) is 8.06. The summed E-state index contributed by atoms with van der Waals surface area (Å²) in [6.45, 7) is 0. The second kappa shape index (κ2) is 13.5. The molecule has 0 radical (unpaired) electrons. The molecule has 1 saturated carbocycles. The Morgan fingerprint density at radius 2 is 0.667 bits per heavy atom. The first-order chi connectivity index (χ1) is 26.7. The first-order valence-corrected chi connectivity index (χ1v) is 19.1. The Morgan fingerprint density at radius 3 is 1.17 bits per heavy atom. The van der Waals surface area contributed by atoms with Crippen molar-refractivity contribution >= 4 is 0 Å². The van der Waals surface area contributed by atoms with Crippen LogP contribution in [0.4, 0.5) is 0 Å². The van der Waals surface area contributed by atoms with Gasteiger partial charge in [0.25, 0.3) is 0 Å². The van der Waals surface area contributed by atoms with Gasteiger partial charge in [0, 0.05) is 22.1 Å². The fourth-order valence-electron chi connectivity index (χ4n) is 8.79. The van der Waals surface area contributed by atoms with Crippen molar-refractivity contribution < 1.29 is 0 Å². The Balaban J connectivity index is 0.893. The third kappa shape index (κ3) is 5.74. The van der Waals surface area contributed by atoms with Gasteiger partial charge in [0.15, 0.2) is 17.5 Å². The van der Waals surface area contributed by atoms with E-state index in [1.54, 1.807) is 5.56 Å². The van der Waals surface area contributed by atoms with Crippen LogP contribution in [0.15, 0.2) is 176 Å². The molecular weight excluding hydrogens is 655 g/mol. The summed E-state index contributed by atoms with van der Waals surface area (Å²) in [6.07, 6.45) is 6.47. The Bertz CT molecular complexity index is 2530. The summed E-state index contributed by atoms with van der Waals surface area (Å²) in [5.74, 6) is 1.99. The van der Waals surface area contributed by atoms with Gasteiger partial charge in [-0.25, -0.2) is 15.0 Å². The quantitative estimate of drug-likeness (QED) is 0.174. The summed E-state index contributed by atoms with van der Waals surface area (Å²) in [4.78, 5) is 14.6. The first-order valence-electron chi connectivity index (χ1n) is 19.1. The molecule has 1 fully saturated rings. The first kappa shape index (κ1) is 32.2. The molecule has 54 heavy (non-hydrogen) atoms. The molecule has 1 heterocycles. The van der Waals surface area contributed by atoms with Crippen LogP contribution >= 0.6 is 0 Å². The molecule has 0 unspecified atom stereocenters. The number of hydrogen-bond donors (Lipinski definition) is 0. The molecule has 258 valence electrons. The molecule has 3 nitrogen and oxygen atoms in total. The highest BCUT2D eigenvalue weighted by atomic mass is 15.0. The number of aromatic nitrogens is 3. The maximum Gasteiger partial charge on any atom is 0.164 e. The van der Waals surface area contributed by atoms with Crippen molar-refractivity contribution in [3.05, 3.63) is 187 Å². The van der Waals surface area contributed by atoms with Crippen LogP contribution in [0.3, 0.4) is 0 Å². The lowest BCUT2D eigenvalue weighted by molar-refractivity contribution is 0.353. The van der Waals surface area contributed by atoms with E-state index in [0.29, 0.717) is 17.5 Å². The molecule has 7 aromatic carbocycles. The second-order valence-electron chi connectivity index (χ2n) is 14.7. The van der Waals surface area contributed by atoms with Gasteiger partial charge in [0.1, 0.15) is 0 Å². The highest BCUT2D eigenvalue weighted by Crippen LogP contribution is 2.56. The summed E-state index contributed by atoms with van der Waals surface area (Å²) >= 11 is 0. The zero-order valence-corrected chi connectivity index (χ0v) is 30.1. The van der Waals surface area contributed by atoms with Crippen LogP contribution in [-0.2, 0) is 5.41 Å². The predicted octanol–water partition coefficient (Wildman–Crippen LogP) is 13.1. The Hall–Kier alpha value is -6.45. The van der Waals surface area contributed by atoms with Crippen LogP contribution in [0, 0.1) is 0 Å². The average molecular weight is 694 g/mol. The molecule has 3 heteroatoms. The highest BCUT2D eigenvalue weighted by Gasteiger charge is 2.43. The van der Waals surface area contributed by atoms with Crippen LogP contribution in [0.5, 0.6) is 0 Å². The maximum absolute atomic E-state index is 4.89. The minimum Gasteiger partial charge on any atom is -0.208 e. The van der Waals surface area contributed by atoms with Crippen molar-refractivity contribution in [2.24, 2.45) is 0 Å². The molecule has 1 spiro atoms. The predicted molar refractivity (Wildman–Crippen MR) is 222 cm³/mol. The van der Waals surface area contributed by atoms with Crippen molar-refractivity contribution in [1.82, 2.24) is 15.0 Å². The van der Waals surface area contributed by atoms with Crippen molar-refractivity contribution in [3.63, 3.8) is 0 Å². The highest BCUT2D eigenvalue weighted by molar-refractivity contribution is 5.84. The Labute approximate surface area is 317 Å². The lowest BCUT2D eigenvalue weighted by Gasteiger charge is -2.36. The lowest BCUT2D eigenvalue weighted by Crippen LogP contribution is -2.28. The van der Waals surface area contributed by atoms with E-state index in [4.69, 9.17) is 15.0 Å². The van der Waals surface area contributed by atoms with E-state index in [-0.39, 0.29) is 5.41 Å². The van der Waals surface area contributed by atoms with Crippen LogP contribution in [-0.4, -0.2) is 15.0 Å². The van der Waals surface area contributed by atoms with Gasteiger partial charge in [-0.15, -0.1) is 0 Å². The molecule has 0 atom stereocenters. The fourth-order valence-corrected chi connectivity index (χ4v) is 8.79. The zero-order chi connectivity index (χ0) is 35.9. The molecule has 2 aliphatic carbocycles. The number of rotatable bonds is 6. The molecule has 10 rings (SSSR count). The standard InChI is InChI=1S/C51H39N3/c1-4-12-40(13-5-1)48-52-49(41-14-6-2-7-15-41)54-50(53-48)42-28-26-38(27-29-42)36-20-18-35(19-21-36)37-22-24-39(25-23-37)43-30-31-45-44-16-8-9-17-46(44)51(47(45)34-43)32-10-3-11-33-51/h1-2,4-9,12-31,34H,3,10-11,32-33H2. The molecule has 0 saturated heterocycles. The third-order valence-corrected chi connectivity index (χ3v) is 11.6. The smallest absolute Gasteiger partial charge is 0.164 e. The molecule has 2 aliphatic rings. The summed E-state index contributed by atoms with van der Waals surface area (Å²) in [6, 6.07) is 63.0. The number of fused-ring (bicyclic) bond motifs is 5. The molecule has 1 aromatic heterocycles. The summed E-state index contributed by atoms with van der Waals surface area (Å²) < 4.78 is 0. The normalized spacial score (nSPS) is 14.1. The zero-order valence-electron chi connectivity index (χ0n) is 30.1. The summed E-state index contributed by atoms with van der Waals surface area (Å²) in [7, 11) is 0. The van der Waals surface area contributed by atoms with Gasteiger partial charge in [-0.1, -0.05) is 189 Å². The van der Waals surface area contributed by atoms with Gasteiger partial charge in [-0.2, -0.15) is 0 Å². The Morgan fingerprint density at radius 1 is 0.296 bits per heavy atom. The molecule has 0 N–H and O–H groups in total. The third-order valence-electron chi connectivity index (χ3n) is 11.6. The lowest BCUT2D eigenvalue weighted by atomic mass is 9.67. The van der Waals surface area contributed by atoms with Gasteiger partial charge in [0.2, 0.25) is 0 Å². The second-order valence-corrected chi connectivity index (χ2v) is 14.7. The van der Waals surface area contributed by atoms with Gasteiger partial charge in [-0.3, -0.25) is 0 Å². The van der Waals surface area contributed by atoms with E-state index in [2.05, 4.69) is 115 Å². The molecule has 0 amide bonds. The molecule has 0 aliphatic heterocycles. The van der Waals surface area contributed by atoms with Crippen molar-refractivity contribution in [2.75, 3.05) is 0 Å². The van der Waals surface area contributed by atoms with Gasteiger partial charge in [0.05, 0.1) is 0 Å². The van der Waals surface area contributed by atoms with E-state index in [0.717, 1.165) is 22.3 Å². The van der Waals surface area contributed by atoms with Crippen molar-refractivity contribution in [3.8, 4) is 78.7 Å². The van der Waals surface area contributed by atoms with E-state index < -0.39 is 0 Å². The number of benzene rings is 7. The SMILES string of the molecule is c1ccc(-c2nc(-c3ccccc3)nc(-c3ccc(-c4ccc(-c5ccc(-c6ccc7c(c6)C6(CCCCC6)c6ccccc6-7)cc5)cc4)cc3)n2)cc1. The molecule has 8 aromatic rings. The van der Waals surface area contributed by atoms with E-state index in [1.165, 1.54) is 76.6 Å². The topological polar surface area (TPSA) is 38.7 Å². The fraction of sp³-hybridized carbons (Fsp3) is 0.118. The monoisotopic (exact) mass is 693 g/mol. The minimum absolute atomic E-state index is 0.173. The van der Waals surface area contributed by atoms with E-state index in [1.807, 2.05) is 60.7 Å². The van der Waals surface area contributed by atoms with Crippen LogP contribution in [0.1, 0.15) is 43.2 Å². The van der Waals surface area contributed by atoms with Gasteiger partial charge in [-0.05, 0) is 74.5 Å².